The minimum absolute atomic E-state index is 0.109. The molecular formula is C12H17NO6S. The lowest BCUT2D eigenvalue weighted by molar-refractivity contribution is -0.143. The van der Waals surface area contributed by atoms with E-state index in [-0.39, 0.29) is 10.6 Å². The Morgan fingerprint density at radius 1 is 1.40 bits per heavy atom. The van der Waals surface area contributed by atoms with Gasteiger partial charge in [-0.3, -0.25) is 4.79 Å². The van der Waals surface area contributed by atoms with Gasteiger partial charge in [-0.15, -0.1) is 0 Å². The Balaban J connectivity index is 3.16. The lowest BCUT2D eigenvalue weighted by atomic mass is 10.2. The number of esters is 1. The molecule has 0 aromatic heterocycles. The van der Waals surface area contributed by atoms with Gasteiger partial charge in [0.15, 0.2) is 0 Å². The van der Waals surface area contributed by atoms with Crippen LogP contribution in [0.4, 0.5) is 0 Å². The highest BCUT2D eigenvalue weighted by Crippen LogP contribution is 2.24. The largest absolute Gasteiger partial charge is 0.495 e. The topological polar surface area (TPSA) is 102 Å². The van der Waals surface area contributed by atoms with Crippen LogP contribution in [-0.2, 0) is 19.6 Å². The van der Waals surface area contributed by atoms with Gasteiger partial charge < -0.3 is 14.6 Å². The minimum Gasteiger partial charge on any atom is -0.495 e. The molecule has 0 saturated heterocycles. The molecule has 1 aromatic rings. The molecule has 112 valence electrons. The molecule has 20 heavy (non-hydrogen) atoms. The number of carbonyl (C=O) groups is 1. The van der Waals surface area contributed by atoms with Gasteiger partial charge in [-0.05, 0) is 24.6 Å². The highest BCUT2D eigenvalue weighted by Gasteiger charge is 2.28. The van der Waals surface area contributed by atoms with E-state index in [1.807, 2.05) is 0 Å². The molecule has 2 N–H and O–H groups in total. The fourth-order valence-electron chi connectivity index (χ4n) is 1.55. The van der Waals surface area contributed by atoms with Crippen LogP contribution in [0.15, 0.2) is 23.1 Å². The molecule has 0 aliphatic rings. The smallest absolute Gasteiger partial charge is 0.326 e. The van der Waals surface area contributed by atoms with E-state index in [9.17, 15) is 13.2 Å². The predicted octanol–water partition coefficient (Wildman–Crippen LogP) is -0.184. The number of rotatable bonds is 6. The van der Waals surface area contributed by atoms with E-state index < -0.39 is 28.6 Å². The molecule has 0 aliphatic carbocycles. The number of methoxy groups -OCH3 is 2. The van der Waals surface area contributed by atoms with Crippen LogP contribution in [0.1, 0.15) is 5.56 Å². The summed E-state index contributed by atoms with van der Waals surface area (Å²) in [6.45, 7) is 1.02. The number of ether oxygens (including phenoxy) is 2. The van der Waals surface area contributed by atoms with Crippen LogP contribution in [0.5, 0.6) is 5.75 Å². The average molecular weight is 303 g/mol. The quantitative estimate of drug-likeness (QED) is 0.707. The summed E-state index contributed by atoms with van der Waals surface area (Å²) in [6.07, 6.45) is 0. The lowest BCUT2D eigenvalue weighted by Crippen LogP contribution is -2.44. The first-order valence-corrected chi connectivity index (χ1v) is 7.19. The number of sulfonamides is 1. The first-order chi connectivity index (χ1) is 9.35. The van der Waals surface area contributed by atoms with Crippen molar-refractivity contribution in [3.63, 3.8) is 0 Å². The summed E-state index contributed by atoms with van der Waals surface area (Å²) >= 11 is 0. The van der Waals surface area contributed by atoms with Crippen LogP contribution >= 0.6 is 0 Å². The second-order valence-electron chi connectivity index (χ2n) is 4.03. The number of nitrogens with one attached hydrogen (secondary N) is 1. The monoisotopic (exact) mass is 303 g/mol. The van der Waals surface area contributed by atoms with Crippen molar-refractivity contribution < 1.29 is 27.8 Å². The molecule has 1 rings (SSSR count). The van der Waals surface area contributed by atoms with E-state index in [2.05, 4.69) is 9.46 Å². The van der Waals surface area contributed by atoms with Crippen molar-refractivity contribution in [2.75, 3.05) is 20.8 Å². The van der Waals surface area contributed by atoms with E-state index in [4.69, 9.17) is 9.84 Å². The summed E-state index contributed by atoms with van der Waals surface area (Å²) in [5.74, 6) is -0.729. The Morgan fingerprint density at radius 3 is 2.55 bits per heavy atom. The van der Waals surface area contributed by atoms with E-state index >= 15 is 0 Å². The molecule has 0 radical (unpaired) electrons. The Hall–Kier alpha value is -1.64. The third-order valence-corrected chi connectivity index (χ3v) is 4.07. The molecule has 0 amide bonds. The standard InChI is InChI=1S/C12H17NO6S/c1-8-4-5-10(18-2)11(6-8)20(16,17)13-9(7-14)12(15)19-3/h4-6,9,13-14H,7H2,1-3H3. The SMILES string of the molecule is COC(=O)C(CO)NS(=O)(=O)c1cc(C)ccc1OC. The zero-order valence-electron chi connectivity index (χ0n) is 11.4. The average Bonchev–Trinajstić information content (AvgIpc) is 2.43. The number of carbonyl (C=O) groups excluding carboxylic acids is 1. The fraction of sp³-hybridized carbons (Fsp3) is 0.417. The Kier molecular flexibility index (Phi) is 5.49. The second-order valence-corrected chi connectivity index (χ2v) is 5.72. The normalized spacial score (nSPS) is 12.8. The first-order valence-electron chi connectivity index (χ1n) is 5.71. The van der Waals surface area contributed by atoms with Gasteiger partial charge >= 0.3 is 5.97 Å². The van der Waals surface area contributed by atoms with Gasteiger partial charge in [0.1, 0.15) is 16.7 Å². The van der Waals surface area contributed by atoms with Gasteiger partial charge in [-0.2, -0.15) is 4.72 Å². The summed E-state index contributed by atoms with van der Waals surface area (Å²) in [4.78, 5) is 11.2. The zero-order chi connectivity index (χ0) is 15.3. The summed E-state index contributed by atoms with van der Waals surface area (Å²) < 4.78 is 36.0. The highest BCUT2D eigenvalue weighted by molar-refractivity contribution is 7.89. The molecule has 1 aromatic carbocycles. The van der Waals surface area contributed by atoms with Crippen LogP contribution in [0.3, 0.4) is 0 Å². The van der Waals surface area contributed by atoms with Crippen molar-refractivity contribution in [2.45, 2.75) is 17.9 Å². The van der Waals surface area contributed by atoms with Crippen molar-refractivity contribution in [3.8, 4) is 5.75 Å². The van der Waals surface area contributed by atoms with Crippen LogP contribution < -0.4 is 9.46 Å². The van der Waals surface area contributed by atoms with Gasteiger partial charge in [-0.25, -0.2) is 8.42 Å². The van der Waals surface area contributed by atoms with Crippen molar-refractivity contribution in [1.29, 1.82) is 0 Å². The van der Waals surface area contributed by atoms with Crippen LogP contribution in [-0.4, -0.2) is 46.4 Å². The van der Waals surface area contributed by atoms with E-state index in [0.717, 1.165) is 7.11 Å². The molecule has 0 fully saturated rings. The third kappa shape index (κ3) is 3.69. The molecule has 0 bridgehead atoms. The van der Waals surface area contributed by atoms with Gasteiger partial charge in [0.2, 0.25) is 10.0 Å². The summed E-state index contributed by atoms with van der Waals surface area (Å²) in [5, 5.41) is 9.06. The number of aliphatic hydroxyl groups excluding tert-OH is 1. The molecule has 0 aliphatic heterocycles. The number of benzene rings is 1. The first kappa shape index (κ1) is 16.4. The van der Waals surface area contributed by atoms with Gasteiger partial charge in [-0.1, -0.05) is 6.07 Å². The summed E-state index contributed by atoms with van der Waals surface area (Å²) in [5.41, 5.74) is 0.713. The van der Waals surface area contributed by atoms with Crippen molar-refractivity contribution >= 4 is 16.0 Å². The van der Waals surface area contributed by atoms with E-state index in [1.165, 1.54) is 19.2 Å². The minimum atomic E-state index is -4.03. The second kappa shape index (κ2) is 6.69. The van der Waals surface area contributed by atoms with Crippen molar-refractivity contribution in [2.24, 2.45) is 0 Å². The maximum absolute atomic E-state index is 12.2. The highest BCUT2D eigenvalue weighted by atomic mass is 32.2. The van der Waals surface area contributed by atoms with Crippen molar-refractivity contribution in [1.82, 2.24) is 4.72 Å². The predicted molar refractivity (Wildman–Crippen MR) is 70.9 cm³/mol. The number of aliphatic hydroxyl groups is 1. The van der Waals surface area contributed by atoms with Gasteiger partial charge in [0.25, 0.3) is 0 Å². The molecule has 7 nitrogen and oxygen atoms in total. The lowest BCUT2D eigenvalue weighted by Gasteiger charge is -2.16. The Labute approximate surface area is 117 Å². The maximum atomic E-state index is 12.2. The molecule has 0 saturated carbocycles. The van der Waals surface area contributed by atoms with Gasteiger partial charge in [0, 0.05) is 0 Å². The van der Waals surface area contributed by atoms with Crippen LogP contribution in [0.2, 0.25) is 0 Å². The molecule has 8 heteroatoms. The Bertz CT molecular complexity index is 584. The summed E-state index contributed by atoms with van der Waals surface area (Å²) in [7, 11) is -1.58. The van der Waals surface area contributed by atoms with Crippen LogP contribution in [0.25, 0.3) is 0 Å². The van der Waals surface area contributed by atoms with Crippen molar-refractivity contribution in [3.05, 3.63) is 23.8 Å². The number of aryl methyl sites for hydroxylation is 1. The molecule has 1 unspecified atom stereocenters. The van der Waals surface area contributed by atoms with E-state index in [0.29, 0.717) is 5.56 Å². The number of hydrogen-bond donors (Lipinski definition) is 2. The Morgan fingerprint density at radius 2 is 2.05 bits per heavy atom. The molecule has 0 heterocycles. The molecule has 0 spiro atoms. The van der Waals surface area contributed by atoms with Gasteiger partial charge in [0.05, 0.1) is 20.8 Å². The van der Waals surface area contributed by atoms with E-state index in [1.54, 1.807) is 13.0 Å². The third-order valence-electron chi connectivity index (χ3n) is 2.57. The molecule has 1 atom stereocenters. The molecular weight excluding hydrogens is 286 g/mol. The fourth-order valence-corrected chi connectivity index (χ4v) is 2.98. The van der Waals surface area contributed by atoms with Crippen LogP contribution in [0, 0.1) is 6.92 Å². The zero-order valence-corrected chi connectivity index (χ0v) is 12.2. The maximum Gasteiger partial charge on any atom is 0.326 e. The summed E-state index contributed by atoms with van der Waals surface area (Å²) in [6, 6.07) is 3.25. The number of hydrogen-bond acceptors (Lipinski definition) is 6.